The van der Waals surface area contributed by atoms with E-state index in [0.717, 1.165) is 84.2 Å². The summed E-state index contributed by atoms with van der Waals surface area (Å²) < 4.78 is 2.25. The van der Waals surface area contributed by atoms with Crippen LogP contribution in [0.25, 0.3) is 84.2 Å². The van der Waals surface area contributed by atoms with Gasteiger partial charge in [-0.05, 0) is 65.7 Å². The van der Waals surface area contributed by atoms with Crippen LogP contribution < -0.4 is 0 Å². The van der Waals surface area contributed by atoms with Crippen molar-refractivity contribution in [3.8, 4) is 62.2 Å². The topological polar surface area (TPSA) is 69.4 Å². The highest BCUT2D eigenvalue weighted by molar-refractivity contribution is 6.09. The number of hydrogen-bond donors (Lipinski definition) is 0. The number of fused-ring (bicyclic) bond motifs is 3. The first-order valence-corrected chi connectivity index (χ1v) is 16.2. The number of rotatable bonds is 6. The van der Waals surface area contributed by atoms with Crippen LogP contribution in [-0.2, 0) is 0 Å². The summed E-state index contributed by atoms with van der Waals surface area (Å²) in [5.74, 6) is 0.848. The summed E-state index contributed by atoms with van der Waals surface area (Å²) in [5, 5.41) is 1.02. The molecular formula is C43H28N6. The highest BCUT2D eigenvalue weighted by Crippen LogP contribution is 2.38. The Morgan fingerprint density at radius 2 is 1.00 bits per heavy atom. The molecule has 5 heterocycles. The summed E-state index contributed by atoms with van der Waals surface area (Å²) in [6.07, 6.45) is 3.58. The standard InChI is InChI=1S/C43H28N6/c1-3-13-30(14-4-1)40-42-41(34-17-7-8-18-35(34)47-40)48-43(49(42)33-15-5-2-6-16-33)31-23-21-29(22-24-31)32-27-38(36-19-9-11-25-44-36)46-39(28-32)37-20-10-12-26-45-37/h1-28H. The van der Waals surface area contributed by atoms with Gasteiger partial charge in [-0.3, -0.25) is 14.5 Å². The lowest BCUT2D eigenvalue weighted by atomic mass is 10.0. The molecular weight excluding hydrogens is 601 g/mol. The highest BCUT2D eigenvalue weighted by Gasteiger charge is 2.22. The number of aromatic nitrogens is 6. The van der Waals surface area contributed by atoms with Crippen LogP contribution in [0.15, 0.2) is 170 Å². The van der Waals surface area contributed by atoms with Crippen molar-refractivity contribution in [2.45, 2.75) is 0 Å². The monoisotopic (exact) mass is 628 g/mol. The van der Waals surface area contributed by atoms with Crippen molar-refractivity contribution in [2.75, 3.05) is 0 Å². The second-order valence-electron chi connectivity index (χ2n) is 11.8. The Bertz CT molecular complexity index is 2510. The molecule has 0 radical (unpaired) electrons. The number of nitrogens with zero attached hydrogens (tertiary/aromatic N) is 6. The van der Waals surface area contributed by atoms with Gasteiger partial charge in [-0.15, -0.1) is 0 Å². The van der Waals surface area contributed by atoms with Crippen molar-refractivity contribution in [1.82, 2.24) is 29.5 Å². The lowest BCUT2D eigenvalue weighted by molar-refractivity contribution is 1.10. The van der Waals surface area contributed by atoms with Crippen LogP contribution in [0.5, 0.6) is 0 Å². The van der Waals surface area contributed by atoms with Crippen LogP contribution in [0.3, 0.4) is 0 Å². The fourth-order valence-corrected chi connectivity index (χ4v) is 6.39. The molecule has 0 spiro atoms. The van der Waals surface area contributed by atoms with Crippen LogP contribution in [0, 0.1) is 0 Å². The molecule has 0 aliphatic carbocycles. The maximum atomic E-state index is 5.38. The molecule has 0 aliphatic rings. The molecule has 0 fully saturated rings. The summed E-state index contributed by atoms with van der Waals surface area (Å²) >= 11 is 0. The average Bonchev–Trinajstić information content (AvgIpc) is 3.60. The summed E-state index contributed by atoms with van der Waals surface area (Å²) in [7, 11) is 0. The first kappa shape index (κ1) is 28.4. The van der Waals surface area contributed by atoms with Gasteiger partial charge in [0.1, 0.15) is 16.9 Å². The maximum absolute atomic E-state index is 5.38. The van der Waals surface area contributed by atoms with Crippen molar-refractivity contribution in [1.29, 1.82) is 0 Å². The van der Waals surface area contributed by atoms with Crippen LogP contribution >= 0.6 is 0 Å². The molecule has 0 atom stereocenters. The van der Waals surface area contributed by atoms with E-state index in [1.54, 1.807) is 12.4 Å². The largest absolute Gasteiger partial charge is 0.290 e. The zero-order chi connectivity index (χ0) is 32.6. The van der Waals surface area contributed by atoms with Gasteiger partial charge in [0.15, 0.2) is 0 Å². The molecule has 9 rings (SSSR count). The van der Waals surface area contributed by atoms with Gasteiger partial charge in [0, 0.05) is 34.6 Å². The predicted octanol–water partition coefficient (Wildman–Crippen LogP) is 10.1. The SMILES string of the molecule is c1ccc(-c2nc3ccccc3c3nc(-c4ccc(-c5cc(-c6ccccn6)nc(-c6ccccn6)c5)cc4)n(-c4ccccc4)c23)cc1. The molecule has 0 aliphatic heterocycles. The van der Waals surface area contributed by atoms with E-state index < -0.39 is 0 Å². The van der Waals surface area contributed by atoms with E-state index in [2.05, 4.69) is 118 Å². The summed E-state index contributed by atoms with van der Waals surface area (Å²) in [5.41, 5.74) is 12.1. The van der Waals surface area contributed by atoms with Gasteiger partial charge >= 0.3 is 0 Å². The molecule has 4 aromatic carbocycles. The summed E-state index contributed by atoms with van der Waals surface area (Å²) in [6.45, 7) is 0. The van der Waals surface area contributed by atoms with Gasteiger partial charge in [-0.2, -0.15) is 0 Å². The van der Waals surface area contributed by atoms with Gasteiger partial charge in [-0.25, -0.2) is 15.0 Å². The molecule has 6 heteroatoms. The zero-order valence-electron chi connectivity index (χ0n) is 26.3. The van der Waals surface area contributed by atoms with Crippen LogP contribution in [0.2, 0.25) is 0 Å². The lowest BCUT2D eigenvalue weighted by Gasteiger charge is -2.13. The Morgan fingerprint density at radius 3 is 1.65 bits per heavy atom. The fraction of sp³-hybridized carbons (Fsp3) is 0. The van der Waals surface area contributed by atoms with E-state index >= 15 is 0 Å². The van der Waals surface area contributed by atoms with Crippen molar-refractivity contribution in [3.63, 3.8) is 0 Å². The maximum Gasteiger partial charge on any atom is 0.145 e. The predicted molar refractivity (Wildman–Crippen MR) is 197 cm³/mol. The number of hydrogen-bond acceptors (Lipinski definition) is 5. The van der Waals surface area contributed by atoms with Crippen LogP contribution in [0.4, 0.5) is 0 Å². The first-order valence-electron chi connectivity index (χ1n) is 16.2. The van der Waals surface area contributed by atoms with E-state index in [4.69, 9.17) is 15.0 Å². The van der Waals surface area contributed by atoms with Crippen molar-refractivity contribution in [2.24, 2.45) is 0 Å². The molecule has 5 aromatic heterocycles. The summed E-state index contributed by atoms with van der Waals surface area (Å²) in [6, 6.07) is 53.5. The average molecular weight is 629 g/mol. The molecule has 0 bridgehead atoms. The third-order valence-electron chi connectivity index (χ3n) is 8.71. The van der Waals surface area contributed by atoms with E-state index in [1.807, 2.05) is 54.6 Å². The minimum atomic E-state index is 0.793. The Balaban J connectivity index is 1.24. The molecule has 49 heavy (non-hydrogen) atoms. The quantitative estimate of drug-likeness (QED) is 0.183. The smallest absolute Gasteiger partial charge is 0.145 e. The highest BCUT2D eigenvalue weighted by atomic mass is 15.1. The number of imidazole rings is 1. The van der Waals surface area contributed by atoms with E-state index in [1.165, 1.54) is 0 Å². The van der Waals surface area contributed by atoms with Crippen molar-refractivity contribution < 1.29 is 0 Å². The number of para-hydroxylation sites is 2. The fourth-order valence-electron chi connectivity index (χ4n) is 6.39. The molecule has 9 aromatic rings. The third-order valence-corrected chi connectivity index (χ3v) is 8.71. The minimum absolute atomic E-state index is 0.793. The normalized spacial score (nSPS) is 11.3. The molecule has 0 saturated carbocycles. The van der Waals surface area contributed by atoms with Crippen molar-refractivity contribution >= 4 is 21.9 Å². The van der Waals surface area contributed by atoms with Gasteiger partial charge in [0.2, 0.25) is 0 Å². The van der Waals surface area contributed by atoms with Crippen LogP contribution in [0.1, 0.15) is 0 Å². The number of pyridine rings is 4. The Morgan fingerprint density at radius 1 is 0.408 bits per heavy atom. The molecule has 0 unspecified atom stereocenters. The summed E-state index contributed by atoms with van der Waals surface area (Å²) in [4.78, 5) is 24.7. The molecule has 0 amide bonds. The second kappa shape index (κ2) is 12.1. The van der Waals surface area contributed by atoms with Gasteiger partial charge < -0.3 is 0 Å². The Hall–Kier alpha value is -6.79. The van der Waals surface area contributed by atoms with Gasteiger partial charge in [-0.1, -0.05) is 103 Å². The second-order valence-corrected chi connectivity index (χ2v) is 11.8. The van der Waals surface area contributed by atoms with E-state index in [-0.39, 0.29) is 0 Å². The van der Waals surface area contributed by atoms with Gasteiger partial charge in [0.25, 0.3) is 0 Å². The minimum Gasteiger partial charge on any atom is -0.290 e. The Labute approximate surface area is 283 Å². The van der Waals surface area contributed by atoms with Crippen molar-refractivity contribution in [3.05, 3.63) is 170 Å². The molecule has 0 saturated heterocycles. The Kier molecular flexibility index (Phi) is 7.02. The molecule has 230 valence electrons. The number of benzene rings is 4. The van der Waals surface area contributed by atoms with E-state index in [0.29, 0.717) is 0 Å². The van der Waals surface area contributed by atoms with Crippen LogP contribution in [-0.4, -0.2) is 29.5 Å². The van der Waals surface area contributed by atoms with E-state index in [9.17, 15) is 0 Å². The first-order chi connectivity index (χ1) is 24.3. The molecule has 0 N–H and O–H groups in total. The zero-order valence-corrected chi connectivity index (χ0v) is 26.3. The molecule has 6 nitrogen and oxygen atoms in total. The van der Waals surface area contributed by atoms with Gasteiger partial charge in [0.05, 0.1) is 34.0 Å². The third kappa shape index (κ3) is 5.22. The lowest BCUT2D eigenvalue weighted by Crippen LogP contribution is -2.00.